The van der Waals surface area contributed by atoms with Crippen molar-refractivity contribution >= 4 is 21.7 Å². The minimum absolute atomic E-state index is 0.113. The Balaban J connectivity index is 2.47. The van der Waals surface area contributed by atoms with Gasteiger partial charge in [0, 0.05) is 35.3 Å². The Morgan fingerprint density at radius 1 is 1.38 bits per heavy atom. The Morgan fingerprint density at radius 3 is 2.62 bits per heavy atom. The molecule has 0 bridgehead atoms. The van der Waals surface area contributed by atoms with Crippen LogP contribution in [0.1, 0.15) is 29.6 Å². The van der Waals surface area contributed by atoms with Crippen molar-refractivity contribution in [3.8, 4) is 0 Å². The molecule has 0 unspecified atom stereocenters. The number of ketones is 1. The van der Waals surface area contributed by atoms with Crippen molar-refractivity contribution < 1.29 is 18.0 Å². The first-order valence-corrected chi connectivity index (χ1v) is 5.38. The topological polar surface area (TPSA) is 30.0 Å². The number of alkyl halides is 3. The maximum Gasteiger partial charge on any atom is 0.389 e. The van der Waals surface area contributed by atoms with E-state index in [1.54, 1.807) is 6.07 Å². The summed E-state index contributed by atoms with van der Waals surface area (Å²) in [4.78, 5) is 15.2. The normalized spacial score (nSPS) is 11.5. The number of halogens is 4. The maximum absolute atomic E-state index is 11.8. The van der Waals surface area contributed by atoms with Crippen LogP contribution in [0.25, 0.3) is 0 Å². The first-order chi connectivity index (χ1) is 7.38. The van der Waals surface area contributed by atoms with E-state index in [4.69, 9.17) is 0 Å². The lowest BCUT2D eigenvalue weighted by atomic mass is 10.1. The van der Waals surface area contributed by atoms with E-state index >= 15 is 0 Å². The molecular weight excluding hydrogens is 287 g/mol. The van der Waals surface area contributed by atoms with Gasteiger partial charge in [0.15, 0.2) is 5.78 Å². The number of hydrogen-bond donors (Lipinski definition) is 0. The van der Waals surface area contributed by atoms with Gasteiger partial charge in [0.1, 0.15) is 0 Å². The lowest BCUT2D eigenvalue weighted by molar-refractivity contribution is -0.135. The number of rotatable bonds is 4. The molecule has 16 heavy (non-hydrogen) atoms. The SMILES string of the molecule is O=C(CCCC(F)(F)F)c1cncc(Br)c1. The minimum Gasteiger partial charge on any atom is -0.294 e. The summed E-state index contributed by atoms with van der Waals surface area (Å²) in [6.45, 7) is 0. The molecule has 1 aromatic heterocycles. The highest BCUT2D eigenvalue weighted by Gasteiger charge is 2.26. The maximum atomic E-state index is 11.8. The molecule has 0 aliphatic rings. The van der Waals surface area contributed by atoms with E-state index in [9.17, 15) is 18.0 Å². The van der Waals surface area contributed by atoms with Gasteiger partial charge in [-0.25, -0.2) is 0 Å². The van der Waals surface area contributed by atoms with E-state index in [1.165, 1.54) is 12.4 Å². The van der Waals surface area contributed by atoms with Gasteiger partial charge < -0.3 is 0 Å². The van der Waals surface area contributed by atoms with Crippen molar-refractivity contribution in [2.45, 2.75) is 25.4 Å². The molecule has 0 spiro atoms. The summed E-state index contributed by atoms with van der Waals surface area (Å²) in [7, 11) is 0. The molecule has 0 aliphatic carbocycles. The molecule has 0 radical (unpaired) electrons. The van der Waals surface area contributed by atoms with Gasteiger partial charge in [0.2, 0.25) is 0 Å². The fraction of sp³-hybridized carbons (Fsp3) is 0.400. The van der Waals surface area contributed by atoms with Crippen molar-refractivity contribution in [1.82, 2.24) is 4.98 Å². The number of carbonyl (C=O) groups is 1. The molecule has 0 fully saturated rings. The van der Waals surface area contributed by atoms with Gasteiger partial charge in [-0.3, -0.25) is 9.78 Å². The molecule has 1 rings (SSSR count). The summed E-state index contributed by atoms with van der Waals surface area (Å²) in [5.74, 6) is -0.321. The molecule has 0 saturated heterocycles. The third-order valence-electron chi connectivity index (χ3n) is 1.89. The average Bonchev–Trinajstić information content (AvgIpc) is 2.15. The Bertz CT molecular complexity index is 379. The first-order valence-electron chi connectivity index (χ1n) is 4.59. The van der Waals surface area contributed by atoms with Gasteiger partial charge in [0.25, 0.3) is 0 Å². The number of pyridine rings is 1. The van der Waals surface area contributed by atoms with E-state index in [0.29, 0.717) is 10.0 Å². The molecule has 6 heteroatoms. The summed E-state index contributed by atoms with van der Waals surface area (Å²) in [5, 5.41) is 0. The Morgan fingerprint density at radius 2 is 2.06 bits per heavy atom. The van der Waals surface area contributed by atoms with Gasteiger partial charge in [-0.1, -0.05) is 0 Å². The van der Waals surface area contributed by atoms with Crippen LogP contribution in [0.5, 0.6) is 0 Å². The largest absolute Gasteiger partial charge is 0.389 e. The Labute approximate surface area is 99.0 Å². The molecule has 0 aromatic carbocycles. The van der Waals surface area contributed by atoms with Crippen LogP contribution < -0.4 is 0 Å². The van der Waals surface area contributed by atoms with Gasteiger partial charge >= 0.3 is 6.18 Å². The van der Waals surface area contributed by atoms with Gasteiger partial charge in [-0.05, 0) is 28.4 Å². The second-order valence-electron chi connectivity index (χ2n) is 3.28. The fourth-order valence-corrected chi connectivity index (χ4v) is 1.52. The molecule has 0 saturated carbocycles. The van der Waals surface area contributed by atoms with Crippen LogP contribution >= 0.6 is 15.9 Å². The third kappa shape index (κ3) is 4.74. The molecule has 0 aliphatic heterocycles. The smallest absolute Gasteiger partial charge is 0.294 e. The lowest BCUT2D eigenvalue weighted by Crippen LogP contribution is -2.08. The quantitative estimate of drug-likeness (QED) is 0.792. The van der Waals surface area contributed by atoms with Crippen molar-refractivity contribution in [3.63, 3.8) is 0 Å². The van der Waals surface area contributed by atoms with Crippen molar-refractivity contribution in [2.24, 2.45) is 0 Å². The summed E-state index contributed by atoms with van der Waals surface area (Å²) in [6, 6.07) is 1.54. The van der Waals surface area contributed by atoms with Crippen LogP contribution in [0.3, 0.4) is 0 Å². The minimum atomic E-state index is -4.20. The van der Waals surface area contributed by atoms with Crippen LogP contribution in [0.2, 0.25) is 0 Å². The molecular formula is C10H9BrF3NO. The van der Waals surface area contributed by atoms with Crippen molar-refractivity contribution in [1.29, 1.82) is 0 Å². The van der Waals surface area contributed by atoms with E-state index in [0.717, 1.165) is 0 Å². The summed E-state index contributed by atoms with van der Waals surface area (Å²) in [6.07, 6.45) is -2.57. The second kappa shape index (κ2) is 5.43. The first kappa shape index (κ1) is 13.2. The van der Waals surface area contributed by atoms with Crippen LogP contribution in [0, 0.1) is 0 Å². The number of nitrogens with zero attached hydrogens (tertiary/aromatic N) is 1. The zero-order valence-electron chi connectivity index (χ0n) is 8.22. The molecule has 2 nitrogen and oxygen atoms in total. The highest BCUT2D eigenvalue weighted by atomic mass is 79.9. The lowest BCUT2D eigenvalue weighted by Gasteiger charge is -2.05. The van der Waals surface area contributed by atoms with Crippen LogP contribution in [0.4, 0.5) is 13.2 Å². The van der Waals surface area contributed by atoms with E-state index in [-0.39, 0.29) is 18.6 Å². The summed E-state index contributed by atoms with van der Waals surface area (Å²) in [5.41, 5.74) is 0.330. The predicted octanol–water partition coefficient (Wildman–Crippen LogP) is 3.76. The summed E-state index contributed by atoms with van der Waals surface area (Å²) >= 11 is 3.14. The monoisotopic (exact) mass is 295 g/mol. The van der Waals surface area contributed by atoms with E-state index in [2.05, 4.69) is 20.9 Å². The molecule has 88 valence electrons. The Hall–Kier alpha value is -0.910. The Kier molecular flexibility index (Phi) is 4.46. The zero-order chi connectivity index (χ0) is 12.2. The van der Waals surface area contributed by atoms with Gasteiger partial charge in [0.05, 0.1) is 0 Å². The van der Waals surface area contributed by atoms with Crippen LogP contribution in [0.15, 0.2) is 22.9 Å². The van der Waals surface area contributed by atoms with E-state index in [1.807, 2.05) is 0 Å². The number of carbonyl (C=O) groups excluding carboxylic acids is 1. The van der Waals surface area contributed by atoms with Crippen LogP contribution in [-0.2, 0) is 0 Å². The molecule has 1 heterocycles. The van der Waals surface area contributed by atoms with Crippen molar-refractivity contribution in [3.05, 3.63) is 28.5 Å². The predicted molar refractivity (Wildman–Crippen MR) is 56.2 cm³/mol. The molecule has 0 atom stereocenters. The molecule has 0 amide bonds. The fourth-order valence-electron chi connectivity index (χ4n) is 1.16. The number of hydrogen-bond acceptors (Lipinski definition) is 2. The molecule has 1 aromatic rings. The van der Waals surface area contributed by atoms with Gasteiger partial charge in [-0.2, -0.15) is 13.2 Å². The highest BCUT2D eigenvalue weighted by Crippen LogP contribution is 2.23. The standard InChI is InChI=1S/C10H9BrF3NO/c11-8-4-7(5-15-6-8)9(16)2-1-3-10(12,13)14/h4-6H,1-3H2. The van der Waals surface area contributed by atoms with Crippen LogP contribution in [-0.4, -0.2) is 16.9 Å². The van der Waals surface area contributed by atoms with E-state index < -0.39 is 12.6 Å². The average molecular weight is 296 g/mol. The van der Waals surface area contributed by atoms with Gasteiger partial charge in [-0.15, -0.1) is 0 Å². The second-order valence-corrected chi connectivity index (χ2v) is 4.20. The third-order valence-corrected chi connectivity index (χ3v) is 2.32. The summed E-state index contributed by atoms with van der Waals surface area (Å²) < 4.78 is 36.2. The zero-order valence-corrected chi connectivity index (χ0v) is 9.81. The molecule has 0 N–H and O–H groups in total. The number of aromatic nitrogens is 1. The highest BCUT2D eigenvalue weighted by molar-refractivity contribution is 9.10. The van der Waals surface area contributed by atoms with Crippen molar-refractivity contribution in [2.75, 3.05) is 0 Å². The number of Topliss-reactive ketones (excluding diaryl/α,β-unsaturated/α-hetero) is 1.